The molecule has 16 heavy (non-hydrogen) atoms. The minimum Gasteiger partial charge on any atom is -0.314 e. The van der Waals surface area contributed by atoms with Crippen molar-refractivity contribution in [3.8, 4) is 0 Å². The highest BCUT2D eigenvalue weighted by Crippen LogP contribution is 2.40. The Hall–Kier alpha value is -0.340. The van der Waals surface area contributed by atoms with E-state index >= 15 is 0 Å². The highest BCUT2D eigenvalue weighted by Gasteiger charge is 2.33. The molecule has 3 unspecified atom stereocenters. The molecule has 0 bridgehead atoms. The summed E-state index contributed by atoms with van der Waals surface area (Å²) in [6, 6.07) is 3.12. The van der Waals surface area contributed by atoms with E-state index in [0.29, 0.717) is 0 Å². The number of hydrogen-bond donors (Lipinski definition) is 1. The third-order valence-corrected chi connectivity index (χ3v) is 4.77. The van der Waals surface area contributed by atoms with E-state index in [1.165, 1.54) is 30.7 Å². The van der Waals surface area contributed by atoms with Crippen molar-refractivity contribution in [1.82, 2.24) is 5.32 Å². The molecule has 1 aromatic heterocycles. The van der Waals surface area contributed by atoms with Gasteiger partial charge in [0.1, 0.15) is 0 Å². The molecule has 1 heterocycles. The van der Waals surface area contributed by atoms with Crippen LogP contribution >= 0.6 is 11.3 Å². The minimum absolute atomic E-state index is 0.741. The molecule has 1 nitrogen and oxygen atoms in total. The average molecular weight is 237 g/mol. The first-order valence-corrected chi connectivity index (χ1v) is 7.38. The Morgan fingerprint density at radius 1 is 1.44 bits per heavy atom. The lowest BCUT2D eigenvalue weighted by Crippen LogP contribution is -2.32. The van der Waals surface area contributed by atoms with Crippen molar-refractivity contribution in [2.45, 2.75) is 52.0 Å². The first kappa shape index (κ1) is 12.1. The van der Waals surface area contributed by atoms with Crippen LogP contribution in [-0.4, -0.2) is 12.6 Å². The summed E-state index contributed by atoms with van der Waals surface area (Å²) in [6.07, 6.45) is 3.95. The van der Waals surface area contributed by atoms with E-state index in [4.69, 9.17) is 0 Å². The molecule has 3 atom stereocenters. The maximum absolute atomic E-state index is 3.69. The fourth-order valence-corrected chi connectivity index (χ4v) is 3.68. The Bertz CT molecular complexity index is 331. The summed E-state index contributed by atoms with van der Waals surface area (Å²) in [5.41, 5.74) is 1.58. The summed E-state index contributed by atoms with van der Waals surface area (Å²) in [6.45, 7) is 8.04. The molecular weight excluding hydrogens is 214 g/mol. The summed E-state index contributed by atoms with van der Waals surface area (Å²) in [5, 5.41) is 6.05. The van der Waals surface area contributed by atoms with Gasteiger partial charge >= 0.3 is 0 Å². The molecule has 0 amide bonds. The maximum atomic E-state index is 3.69. The monoisotopic (exact) mass is 237 g/mol. The van der Waals surface area contributed by atoms with Gasteiger partial charge in [-0.05, 0) is 61.6 Å². The van der Waals surface area contributed by atoms with Gasteiger partial charge in [-0.15, -0.1) is 11.3 Å². The van der Waals surface area contributed by atoms with Gasteiger partial charge in [0.05, 0.1) is 0 Å². The minimum atomic E-state index is 0.741. The van der Waals surface area contributed by atoms with Crippen LogP contribution in [0.2, 0.25) is 0 Å². The van der Waals surface area contributed by atoms with Crippen LogP contribution in [0.15, 0.2) is 11.4 Å². The molecule has 90 valence electrons. The molecule has 1 fully saturated rings. The Morgan fingerprint density at radius 2 is 2.25 bits per heavy atom. The van der Waals surface area contributed by atoms with E-state index in [9.17, 15) is 0 Å². The Balaban J connectivity index is 1.98. The second kappa shape index (κ2) is 5.33. The molecule has 0 aromatic carbocycles. The van der Waals surface area contributed by atoms with Crippen LogP contribution in [0.3, 0.4) is 0 Å². The van der Waals surface area contributed by atoms with Crippen LogP contribution in [0.5, 0.6) is 0 Å². The van der Waals surface area contributed by atoms with Crippen LogP contribution in [0, 0.1) is 12.8 Å². The highest BCUT2D eigenvalue weighted by atomic mass is 32.1. The summed E-state index contributed by atoms with van der Waals surface area (Å²) in [4.78, 5) is 1.45. The SMILES string of the molecule is CCCNC1CCC(c2csc(C)c2)C1C. The molecule has 0 radical (unpaired) electrons. The van der Waals surface area contributed by atoms with Crippen molar-refractivity contribution in [2.24, 2.45) is 5.92 Å². The predicted molar refractivity (Wildman–Crippen MR) is 72.3 cm³/mol. The Labute approximate surface area is 103 Å². The van der Waals surface area contributed by atoms with E-state index in [1.807, 2.05) is 11.3 Å². The summed E-state index contributed by atoms with van der Waals surface area (Å²) >= 11 is 1.89. The lowest BCUT2D eigenvalue weighted by atomic mass is 9.90. The van der Waals surface area contributed by atoms with E-state index < -0.39 is 0 Å². The van der Waals surface area contributed by atoms with Crippen molar-refractivity contribution in [3.05, 3.63) is 21.9 Å². The lowest BCUT2D eigenvalue weighted by Gasteiger charge is -2.21. The Kier molecular flexibility index (Phi) is 4.04. The Morgan fingerprint density at radius 3 is 2.88 bits per heavy atom. The normalized spacial score (nSPS) is 29.8. The number of thiophene rings is 1. The molecule has 2 rings (SSSR count). The zero-order valence-electron chi connectivity index (χ0n) is 10.6. The summed E-state index contributed by atoms with van der Waals surface area (Å²) < 4.78 is 0. The number of nitrogens with one attached hydrogen (secondary N) is 1. The predicted octanol–water partition coefficient (Wildman–Crippen LogP) is 3.94. The first-order chi connectivity index (χ1) is 7.72. The van der Waals surface area contributed by atoms with Gasteiger partial charge in [-0.25, -0.2) is 0 Å². The summed E-state index contributed by atoms with van der Waals surface area (Å²) in [5.74, 6) is 1.58. The largest absolute Gasteiger partial charge is 0.314 e. The van der Waals surface area contributed by atoms with Gasteiger partial charge in [0.2, 0.25) is 0 Å². The fourth-order valence-electron chi connectivity index (χ4n) is 2.91. The van der Waals surface area contributed by atoms with Crippen molar-refractivity contribution in [1.29, 1.82) is 0 Å². The molecule has 1 aliphatic rings. The van der Waals surface area contributed by atoms with Gasteiger partial charge in [0.25, 0.3) is 0 Å². The molecule has 1 aromatic rings. The number of rotatable bonds is 4. The average Bonchev–Trinajstić information content (AvgIpc) is 2.83. The van der Waals surface area contributed by atoms with Crippen molar-refractivity contribution < 1.29 is 0 Å². The van der Waals surface area contributed by atoms with Gasteiger partial charge in [-0.1, -0.05) is 13.8 Å². The van der Waals surface area contributed by atoms with Gasteiger partial charge < -0.3 is 5.32 Å². The van der Waals surface area contributed by atoms with Crippen LogP contribution in [0.1, 0.15) is 49.5 Å². The third-order valence-electron chi connectivity index (χ3n) is 3.89. The topological polar surface area (TPSA) is 12.0 Å². The number of aryl methyl sites for hydroxylation is 1. The quantitative estimate of drug-likeness (QED) is 0.836. The molecule has 0 spiro atoms. The first-order valence-electron chi connectivity index (χ1n) is 6.50. The van der Waals surface area contributed by atoms with Crippen molar-refractivity contribution >= 4 is 11.3 Å². The van der Waals surface area contributed by atoms with Gasteiger partial charge in [0.15, 0.2) is 0 Å². The van der Waals surface area contributed by atoms with Crippen LogP contribution in [-0.2, 0) is 0 Å². The third kappa shape index (κ3) is 2.49. The lowest BCUT2D eigenvalue weighted by molar-refractivity contribution is 0.405. The van der Waals surface area contributed by atoms with E-state index in [-0.39, 0.29) is 0 Å². The second-order valence-electron chi connectivity index (χ2n) is 5.09. The van der Waals surface area contributed by atoms with Gasteiger partial charge in [-0.2, -0.15) is 0 Å². The maximum Gasteiger partial charge on any atom is 0.00987 e. The van der Waals surface area contributed by atoms with E-state index in [0.717, 1.165) is 17.9 Å². The molecule has 1 aliphatic carbocycles. The molecule has 1 N–H and O–H groups in total. The zero-order valence-corrected chi connectivity index (χ0v) is 11.4. The van der Waals surface area contributed by atoms with Crippen molar-refractivity contribution in [3.63, 3.8) is 0 Å². The molecule has 2 heteroatoms. The highest BCUT2D eigenvalue weighted by molar-refractivity contribution is 7.10. The van der Waals surface area contributed by atoms with Crippen LogP contribution in [0.25, 0.3) is 0 Å². The standard InChI is InChI=1S/C14H23NS/c1-4-7-15-14-6-5-13(11(14)3)12-8-10(2)16-9-12/h8-9,11,13-15H,4-7H2,1-3H3. The van der Waals surface area contributed by atoms with Gasteiger partial charge in [0, 0.05) is 10.9 Å². The van der Waals surface area contributed by atoms with E-state index in [1.54, 1.807) is 5.56 Å². The van der Waals surface area contributed by atoms with Crippen LogP contribution < -0.4 is 5.32 Å². The smallest absolute Gasteiger partial charge is 0.00987 e. The van der Waals surface area contributed by atoms with Crippen molar-refractivity contribution in [2.75, 3.05) is 6.54 Å². The zero-order chi connectivity index (χ0) is 11.5. The molecule has 1 saturated carbocycles. The second-order valence-corrected chi connectivity index (χ2v) is 6.21. The number of hydrogen-bond acceptors (Lipinski definition) is 2. The van der Waals surface area contributed by atoms with E-state index in [2.05, 4.69) is 37.5 Å². The summed E-state index contributed by atoms with van der Waals surface area (Å²) in [7, 11) is 0. The molecular formula is C14H23NS. The molecule has 0 saturated heterocycles. The van der Waals surface area contributed by atoms with Gasteiger partial charge in [-0.3, -0.25) is 0 Å². The fraction of sp³-hybridized carbons (Fsp3) is 0.714. The molecule has 0 aliphatic heterocycles. The van der Waals surface area contributed by atoms with Crippen LogP contribution in [0.4, 0.5) is 0 Å².